The lowest BCUT2D eigenvalue weighted by molar-refractivity contribution is 0.669. The molecule has 0 fully saturated rings. The van der Waals surface area contributed by atoms with Crippen LogP contribution in [0.2, 0.25) is 0 Å². The van der Waals surface area contributed by atoms with Crippen LogP contribution in [0, 0.1) is 0 Å². The smallest absolute Gasteiger partial charge is 0.180 e. The topological polar surface area (TPSA) is 13.1 Å². The van der Waals surface area contributed by atoms with Crippen LogP contribution in [0.5, 0.6) is 0 Å². The molecule has 0 atom stereocenters. The summed E-state index contributed by atoms with van der Waals surface area (Å²) in [5.41, 5.74) is 6.98. The van der Waals surface area contributed by atoms with Crippen LogP contribution in [0.25, 0.3) is 44.2 Å². The number of benzene rings is 6. The summed E-state index contributed by atoms with van der Waals surface area (Å²) in [4.78, 5) is 0. The van der Waals surface area contributed by atoms with Crippen LogP contribution in [-0.2, 0) is 0 Å². The lowest BCUT2D eigenvalue weighted by Crippen LogP contribution is -2.75. The summed E-state index contributed by atoms with van der Waals surface area (Å²) in [5.74, 6) is 0. The quantitative estimate of drug-likeness (QED) is 0.243. The molecule has 1 nitrogen and oxygen atoms in total. The highest BCUT2D eigenvalue weighted by Crippen LogP contribution is 2.41. The van der Waals surface area contributed by atoms with E-state index >= 15 is 0 Å². The van der Waals surface area contributed by atoms with Gasteiger partial charge in [-0.1, -0.05) is 127 Å². The molecule has 1 aliphatic heterocycles. The molecule has 1 aromatic heterocycles. The van der Waals surface area contributed by atoms with Crippen LogP contribution < -0.4 is 20.7 Å². The molecule has 38 heavy (non-hydrogen) atoms. The Morgan fingerprint density at radius 3 is 1.50 bits per heavy atom. The van der Waals surface area contributed by atoms with Gasteiger partial charge in [0.1, 0.15) is 11.2 Å². The van der Waals surface area contributed by atoms with Crippen molar-refractivity contribution in [3.8, 4) is 22.3 Å². The van der Waals surface area contributed by atoms with E-state index in [1.54, 1.807) is 0 Å². The third-order valence-electron chi connectivity index (χ3n) is 8.17. The first-order chi connectivity index (χ1) is 18.9. The first-order valence-electron chi connectivity index (χ1n) is 13.1. The zero-order valence-corrected chi connectivity index (χ0v) is 21.8. The number of furan rings is 1. The zero-order chi connectivity index (χ0) is 25.1. The monoisotopic (exact) mass is 500 g/mol. The second-order valence-electron chi connectivity index (χ2n) is 10.1. The summed E-state index contributed by atoms with van der Waals surface area (Å²) in [6.45, 7) is 0. The maximum atomic E-state index is 6.39. The van der Waals surface area contributed by atoms with Gasteiger partial charge in [0, 0.05) is 10.8 Å². The molecular weight excluding hydrogens is 476 g/mol. The van der Waals surface area contributed by atoms with Gasteiger partial charge in [-0.15, -0.1) is 0 Å². The van der Waals surface area contributed by atoms with Gasteiger partial charge in [0.2, 0.25) is 0 Å². The molecule has 2 heterocycles. The predicted octanol–water partition coefficient (Wildman–Crippen LogP) is 6.61. The van der Waals surface area contributed by atoms with Crippen molar-refractivity contribution in [3.63, 3.8) is 0 Å². The van der Waals surface area contributed by atoms with Gasteiger partial charge in [-0.3, -0.25) is 0 Å². The molecule has 0 amide bonds. The molecule has 6 aromatic carbocycles. The van der Waals surface area contributed by atoms with Gasteiger partial charge in [-0.2, -0.15) is 0 Å². The lowest BCUT2D eigenvalue weighted by atomic mass is 9.93. The molecule has 2 heteroatoms. The normalized spacial score (nSPS) is 13.5. The number of fused-ring (bicyclic) bond motifs is 8. The van der Waals surface area contributed by atoms with E-state index in [1.807, 2.05) is 6.07 Å². The Morgan fingerprint density at radius 1 is 0.368 bits per heavy atom. The van der Waals surface area contributed by atoms with Crippen molar-refractivity contribution in [3.05, 3.63) is 146 Å². The Balaban J connectivity index is 1.60. The van der Waals surface area contributed by atoms with E-state index in [0.717, 1.165) is 16.6 Å². The van der Waals surface area contributed by atoms with Crippen molar-refractivity contribution in [1.82, 2.24) is 0 Å². The van der Waals surface area contributed by atoms with Crippen molar-refractivity contribution in [2.45, 2.75) is 0 Å². The maximum Gasteiger partial charge on any atom is 0.180 e. The second-order valence-corrected chi connectivity index (χ2v) is 13.8. The van der Waals surface area contributed by atoms with Gasteiger partial charge in [-0.25, -0.2) is 0 Å². The molecule has 8 rings (SSSR count). The molecule has 178 valence electrons. The van der Waals surface area contributed by atoms with Gasteiger partial charge < -0.3 is 4.42 Å². The predicted molar refractivity (Wildman–Crippen MR) is 162 cm³/mol. The zero-order valence-electron chi connectivity index (χ0n) is 20.8. The minimum atomic E-state index is -2.66. The largest absolute Gasteiger partial charge is 0.456 e. The molecule has 0 radical (unpaired) electrons. The number of hydrogen-bond acceptors (Lipinski definition) is 1. The van der Waals surface area contributed by atoms with Gasteiger partial charge in [-0.05, 0) is 61.2 Å². The highest BCUT2D eigenvalue weighted by molar-refractivity contribution is 7.21. The number of rotatable bonds is 2. The summed E-state index contributed by atoms with van der Waals surface area (Å²) in [7, 11) is -2.66. The van der Waals surface area contributed by atoms with Crippen molar-refractivity contribution in [2.75, 3.05) is 0 Å². The Kier molecular flexibility index (Phi) is 4.61. The van der Waals surface area contributed by atoms with Crippen LogP contribution in [0.15, 0.2) is 150 Å². The van der Waals surface area contributed by atoms with Gasteiger partial charge in [0.15, 0.2) is 8.07 Å². The van der Waals surface area contributed by atoms with Crippen LogP contribution in [-0.4, -0.2) is 8.07 Å². The third kappa shape index (κ3) is 2.86. The molecule has 0 saturated carbocycles. The first-order valence-corrected chi connectivity index (χ1v) is 15.1. The summed E-state index contributed by atoms with van der Waals surface area (Å²) < 4.78 is 6.39. The van der Waals surface area contributed by atoms with E-state index in [9.17, 15) is 0 Å². The molecule has 0 aliphatic carbocycles. The number of hydrogen-bond donors (Lipinski definition) is 0. The highest BCUT2D eigenvalue weighted by atomic mass is 28.3. The molecule has 7 aromatic rings. The van der Waals surface area contributed by atoms with Crippen LogP contribution in [0.1, 0.15) is 0 Å². The molecule has 0 N–H and O–H groups in total. The molecule has 0 saturated heterocycles. The van der Waals surface area contributed by atoms with E-state index in [1.165, 1.54) is 48.4 Å². The van der Waals surface area contributed by atoms with Crippen molar-refractivity contribution in [2.24, 2.45) is 0 Å². The Bertz CT molecular complexity index is 1930. The average Bonchev–Trinajstić information content (AvgIpc) is 3.31. The minimum Gasteiger partial charge on any atom is -0.456 e. The van der Waals surface area contributed by atoms with Crippen LogP contribution in [0.3, 0.4) is 0 Å². The fraction of sp³-hybridized carbons (Fsp3) is 0. The van der Waals surface area contributed by atoms with Crippen LogP contribution >= 0.6 is 0 Å². The fourth-order valence-electron chi connectivity index (χ4n) is 6.62. The summed E-state index contributed by atoms with van der Waals surface area (Å²) >= 11 is 0. The number of para-hydroxylation sites is 1. The maximum absolute atomic E-state index is 6.39. The Labute approximate surface area is 222 Å². The molecular formula is C36H24OSi. The summed E-state index contributed by atoms with van der Waals surface area (Å²) in [5, 5.41) is 7.96. The van der Waals surface area contributed by atoms with Crippen molar-refractivity contribution >= 4 is 50.8 Å². The fourth-order valence-corrected chi connectivity index (χ4v) is 11.8. The van der Waals surface area contributed by atoms with Crippen molar-refractivity contribution < 1.29 is 4.42 Å². The van der Waals surface area contributed by atoms with E-state index in [-0.39, 0.29) is 0 Å². The van der Waals surface area contributed by atoms with Gasteiger partial charge in [0.25, 0.3) is 0 Å². The highest BCUT2D eigenvalue weighted by Gasteiger charge is 2.46. The van der Waals surface area contributed by atoms with Crippen molar-refractivity contribution in [1.29, 1.82) is 0 Å². The average molecular weight is 501 g/mol. The van der Waals surface area contributed by atoms with E-state index in [2.05, 4.69) is 140 Å². The second kappa shape index (κ2) is 8.17. The Hall–Kier alpha value is -4.66. The minimum absolute atomic E-state index is 0.932. The SMILES string of the molecule is c1ccc([Si]2(c3ccccc3)c3ccccc3-c3cc4oc5ccccc5c4cc3-c3ccccc32)cc1. The summed E-state index contributed by atoms with van der Waals surface area (Å²) in [6.07, 6.45) is 0. The standard InChI is InChI=1S/C36H24OSi/c1-3-13-25(14-4-1)38(26-15-5-2-6-16-26)35-21-11-8-18-28(35)30-23-32-27-17-7-10-20-33(27)37-34(32)24-31(30)29-19-9-12-22-36(29)38/h1-24H. The van der Waals surface area contributed by atoms with E-state index in [4.69, 9.17) is 4.42 Å². The van der Waals surface area contributed by atoms with E-state index in [0.29, 0.717) is 0 Å². The molecule has 0 bridgehead atoms. The third-order valence-corrected chi connectivity index (χ3v) is 13.1. The molecule has 1 aliphatic rings. The van der Waals surface area contributed by atoms with Gasteiger partial charge >= 0.3 is 0 Å². The van der Waals surface area contributed by atoms with Gasteiger partial charge in [0.05, 0.1) is 0 Å². The molecule has 0 unspecified atom stereocenters. The lowest BCUT2D eigenvalue weighted by Gasteiger charge is -2.35. The van der Waals surface area contributed by atoms with Crippen LogP contribution in [0.4, 0.5) is 0 Å². The molecule has 0 spiro atoms. The summed E-state index contributed by atoms with van der Waals surface area (Å²) in [6, 6.07) is 53.5. The Morgan fingerprint density at radius 2 is 0.868 bits per heavy atom. The van der Waals surface area contributed by atoms with E-state index < -0.39 is 8.07 Å². The first kappa shape index (κ1) is 21.4.